The second-order valence-corrected chi connectivity index (χ2v) is 5.03. The molecule has 1 aromatic heterocycles. The molecule has 116 valence electrons. The largest absolute Gasteiger partial charge is 0.469 e. The van der Waals surface area contributed by atoms with Gasteiger partial charge in [0, 0.05) is 19.2 Å². The molecule has 0 unspecified atom stereocenters. The normalized spacial score (nSPS) is 11.8. The zero-order chi connectivity index (χ0) is 14.1. The van der Waals surface area contributed by atoms with Crippen molar-refractivity contribution in [3.05, 3.63) is 18.2 Å². The summed E-state index contributed by atoms with van der Waals surface area (Å²) in [6.45, 7) is 5.52. The topological polar surface area (TPSA) is 44.1 Å². The van der Waals surface area contributed by atoms with Gasteiger partial charge in [-0.2, -0.15) is 0 Å². The zero-order valence-corrected chi connectivity index (χ0v) is 14.5. The number of nitrogens with zero attached hydrogens (tertiary/aromatic N) is 2. The van der Waals surface area contributed by atoms with E-state index in [1.807, 2.05) is 12.5 Å². The Balaban J connectivity index is 0.00000361. The molecule has 0 amide bonds. The van der Waals surface area contributed by atoms with Gasteiger partial charge in [0.15, 0.2) is 0 Å². The molecule has 0 aliphatic heterocycles. The van der Waals surface area contributed by atoms with Gasteiger partial charge in [-0.05, 0) is 12.3 Å². The summed E-state index contributed by atoms with van der Waals surface area (Å²) < 4.78 is 6.76. The third kappa shape index (κ3) is 7.08. The lowest BCUT2D eigenvalue weighted by Crippen LogP contribution is -2.04. The highest BCUT2D eigenvalue weighted by atomic mass is 79.9. The Kier molecular flexibility index (Phi) is 10.4. The van der Waals surface area contributed by atoms with Crippen LogP contribution in [0.1, 0.15) is 51.6 Å². The SMILES string of the molecule is Br.CCC[C@H](CC)CCn1cnc(CCC(=O)OC)c1. The van der Waals surface area contributed by atoms with Crippen molar-refractivity contribution in [1.29, 1.82) is 0 Å². The number of rotatable bonds is 9. The van der Waals surface area contributed by atoms with E-state index in [4.69, 9.17) is 0 Å². The van der Waals surface area contributed by atoms with Crippen molar-refractivity contribution in [2.75, 3.05) is 7.11 Å². The Hall–Kier alpha value is -0.840. The van der Waals surface area contributed by atoms with Crippen LogP contribution in [-0.4, -0.2) is 22.6 Å². The molecule has 0 radical (unpaired) electrons. The maximum Gasteiger partial charge on any atom is 0.305 e. The number of hydrogen-bond acceptors (Lipinski definition) is 3. The first-order valence-corrected chi connectivity index (χ1v) is 7.27. The minimum Gasteiger partial charge on any atom is -0.469 e. The summed E-state index contributed by atoms with van der Waals surface area (Å²) in [7, 11) is 1.42. The van der Waals surface area contributed by atoms with Crippen molar-refractivity contribution in [1.82, 2.24) is 9.55 Å². The van der Waals surface area contributed by atoms with Crippen LogP contribution >= 0.6 is 17.0 Å². The number of hydrogen-bond donors (Lipinski definition) is 0. The van der Waals surface area contributed by atoms with Crippen LogP contribution in [0.25, 0.3) is 0 Å². The first-order chi connectivity index (χ1) is 9.19. The predicted molar refractivity (Wildman–Crippen MR) is 86.2 cm³/mol. The van der Waals surface area contributed by atoms with Crippen molar-refractivity contribution in [3.8, 4) is 0 Å². The fourth-order valence-corrected chi connectivity index (χ4v) is 2.28. The lowest BCUT2D eigenvalue weighted by atomic mass is 9.97. The number of esters is 1. The number of imidazole rings is 1. The third-order valence-corrected chi connectivity index (χ3v) is 3.57. The molecule has 0 saturated carbocycles. The van der Waals surface area contributed by atoms with Gasteiger partial charge in [0.25, 0.3) is 0 Å². The van der Waals surface area contributed by atoms with Gasteiger partial charge < -0.3 is 9.30 Å². The van der Waals surface area contributed by atoms with E-state index in [2.05, 4.69) is 28.1 Å². The van der Waals surface area contributed by atoms with Crippen molar-refractivity contribution >= 4 is 23.0 Å². The van der Waals surface area contributed by atoms with E-state index in [1.54, 1.807) is 0 Å². The van der Waals surface area contributed by atoms with E-state index in [-0.39, 0.29) is 23.0 Å². The highest BCUT2D eigenvalue weighted by Gasteiger charge is 2.07. The summed E-state index contributed by atoms with van der Waals surface area (Å²) in [5.74, 6) is 0.634. The van der Waals surface area contributed by atoms with Gasteiger partial charge in [-0.25, -0.2) is 4.98 Å². The van der Waals surface area contributed by atoms with Crippen LogP contribution in [0.4, 0.5) is 0 Å². The fourth-order valence-electron chi connectivity index (χ4n) is 2.28. The van der Waals surface area contributed by atoms with Crippen molar-refractivity contribution in [2.45, 2.75) is 58.9 Å². The van der Waals surface area contributed by atoms with Gasteiger partial charge in [-0.1, -0.05) is 33.1 Å². The molecule has 4 nitrogen and oxygen atoms in total. The summed E-state index contributed by atoms with van der Waals surface area (Å²) >= 11 is 0. The van der Waals surface area contributed by atoms with E-state index >= 15 is 0 Å². The number of halogens is 1. The summed E-state index contributed by atoms with van der Waals surface area (Å²) in [6, 6.07) is 0. The summed E-state index contributed by atoms with van der Waals surface area (Å²) in [6.07, 6.45) is 9.99. The first kappa shape index (κ1) is 19.2. The number of aryl methyl sites for hydroxylation is 2. The van der Waals surface area contributed by atoms with E-state index in [1.165, 1.54) is 32.8 Å². The Morgan fingerprint density at radius 1 is 1.40 bits per heavy atom. The lowest BCUT2D eigenvalue weighted by molar-refractivity contribution is -0.140. The van der Waals surface area contributed by atoms with Crippen LogP contribution in [-0.2, 0) is 22.5 Å². The first-order valence-electron chi connectivity index (χ1n) is 7.27. The Bertz CT molecular complexity index is 380. The van der Waals surface area contributed by atoms with Gasteiger partial charge >= 0.3 is 5.97 Å². The van der Waals surface area contributed by atoms with Crippen LogP contribution in [0.2, 0.25) is 0 Å². The van der Waals surface area contributed by atoms with Crippen LogP contribution in [0.5, 0.6) is 0 Å². The second-order valence-electron chi connectivity index (χ2n) is 5.03. The van der Waals surface area contributed by atoms with E-state index in [9.17, 15) is 4.79 Å². The number of aromatic nitrogens is 2. The maximum atomic E-state index is 11.1. The number of methoxy groups -OCH3 is 1. The number of carbonyl (C=O) groups is 1. The van der Waals surface area contributed by atoms with Gasteiger partial charge in [0.05, 0.1) is 25.6 Å². The van der Waals surface area contributed by atoms with Gasteiger partial charge in [0.2, 0.25) is 0 Å². The molecule has 0 aliphatic carbocycles. The molecule has 0 saturated heterocycles. The van der Waals surface area contributed by atoms with Crippen LogP contribution in [0.15, 0.2) is 12.5 Å². The highest BCUT2D eigenvalue weighted by molar-refractivity contribution is 8.93. The third-order valence-electron chi connectivity index (χ3n) is 3.57. The van der Waals surface area contributed by atoms with Gasteiger partial charge in [-0.15, -0.1) is 17.0 Å². The summed E-state index contributed by atoms with van der Waals surface area (Å²) in [5.41, 5.74) is 0.967. The smallest absolute Gasteiger partial charge is 0.305 e. The molecule has 0 spiro atoms. The molecule has 1 heterocycles. The second kappa shape index (κ2) is 10.9. The Labute approximate surface area is 132 Å². The lowest BCUT2D eigenvalue weighted by Gasteiger charge is -2.13. The average molecular weight is 347 g/mol. The molecule has 0 bridgehead atoms. The van der Waals surface area contributed by atoms with Crippen molar-refractivity contribution in [2.24, 2.45) is 5.92 Å². The monoisotopic (exact) mass is 346 g/mol. The minimum absolute atomic E-state index is 0. The number of carbonyl (C=O) groups excluding carboxylic acids is 1. The average Bonchev–Trinajstić information content (AvgIpc) is 2.88. The van der Waals surface area contributed by atoms with Crippen LogP contribution < -0.4 is 0 Å². The Morgan fingerprint density at radius 2 is 2.15 bits per heavy atom. The molecule has 0 fully saturated rings. The molecule has 0 N–H and O–H groups in total. The zero-order valence-electron chi connectivity index (χ0n) is 12.8. The standard InChI is InChI=1S/C15H26N2O2.BrH/c1-4-6-13(5-2)9-10-17-11-14(16-12-17)7-8-15(18)19-3;/h11-13H,4-10H2,1-3H3;1H/t13-;/m0./s1. The predicted octanol–water partition coefficient (Wildman–Crippen LogP) is 3.78. The van der Waals surface area contributed by atoms with Crippen LogP contribution in [0.3, 0.4) is 0 Å². The quantitative estimate of drug-likeness (QED) is 0.639. The molecule has 20 heavy (non-hydrogen) atoms. The molecule has 1 atom stereocenters. The fraction of sp³-hybridized carbons (Fsp3) is 0.733. The van der Waals surface area contributed by atoms with Crippen molar-refractivity contribution < 1.29 is 9.53 Å². The highest BCUT2D eigenvalue weighted by Crippen LogP contribution is 2.16. The molecular weight excluding hydrogens is 320 g/mol. The van der Waals surface area contributed by atoms with Crippen LogP contribution in [0, 0.1) is 5.92 Å². The minimum atomic E-state index is -0.177. The molecule has 1 aromatic rings. The van der Waals surface area contributed by atoms with Crippen molar-refractivity contribution in [3.63, 3.8) is 0 Å². The maximum absolute atomic E-state index is 11.1. The summed E-state index contributed by atoms with van der Waals surface area (Å²) in [5, 5.41) is 0. The molecule has 0 aliphatic rings. The molecule has 1 rings (SSSR count). The molecule has 5 heteroatoms. The van der Waals surface area contributed by atoms with Gasteiger partial charge in [0.1, 0.15) is 0 Å². The molecular formula is C15H27BrN2O2. The van der Waals surface area contributed by atoms with E-state index < -0.39 is 0 Å². The van der Waals surface area contributed by atoms with E-state index in [0.717, 1.165) is 18.2 Å². The van der Waals surface area contributed by atoms with Gasteiger partial charge in [-0.3, -0.25) is 4.79 Å². The Morgan fingerprint density at radius 3 is 2.75 bits per heavy atom. The number of ether oxygens (including phenoxy) is 1. The molecule has 0 aromatic carbocycles. The summed E-state index contributed by atoms with van der Waals surface area (Å²) in [4.78, 5) is 15.4. The van der Waals surface area contributed by atoms with E-state index in [0.29, 0.717) is 12.8 Å².